The molecule has 27 heavy (non-hydrogen) atoms. The molecular formula is C23H26N2O2. The van der Waals surface area contributed by atoms with Gasteiger partial charge in [0.2, 0.25) is 0 Å². The molecule has 0 bridgehead atoms. The van der Waals surface area contributed by atoms with E-state index in [9.17, 15) is 9.90 Å². The predicted octanol–water partition coefficient (Wildman–Crippen LogP) is 4.87. The monoisotopic (exact) mass is 362 g/mol. The molecular weight excluding hydrogens is 336 g/mol. The Morgan fingerprint density at radius 3 is 2.74 bits per heavy atom. The molecule has 0 radical (unpaired) electrons. The number of hydrogen-bond donors (Lipinski definition) is 2. The molecule has 1 aliphatic carbocycles. The Morgan fingerprint density at radius 2 is 2.07 bits per heavy atom. The molecule has 1 aliphatic rings. The fraction of sp³-hybridized carbons (Fsp3) is 0.304. The van der Waals surface area contributed by atoms with Crippen LogP contribution in [0.15, 0.2) is 67.0 Å². The smallest absolute Gasteiger partial charge is 0.313 e. The van der Waals surface area contributed by atoms with E-state index in [0.717, 1.165) is 23.2 Å². The lowest BCUT2D eigenvalue weighted by molar-refractivity contribution is -0.141. The van der Waals surface area contributed by atoms with Crippen molar-refractivity contribution in [3.8, 4) is 0 Å². The Balaban J connectivity index is 2.17. The van der Waals surface area contributed by atoms with Crippen molar-refractivity contribution in [3.05, 3.63) is 83.7 Å². The molecule has 1 heterocycles. The molecule has 4 heteroatoms. The van der Waals surface area contributed by atoms with Gasteiger partial charge in [-0.3, -0.25) is 9.78 Å². The van der Waals surface area contributed by atoms with Crippen LogP contribution in [-0.2, 0) is 4.79 Å². The second-order valence-corrected chi connectivity index (χ2v) is 7.11. The van der Waals surface area contributed by atoms with Gasteiger partial charge < -0.3 is 10.4 Å². The van der Waals surface area contributed by atoms with Crippen LogP contribution in [0.4, 0.5) is 5.69 Å². The highest BCUT2D eigenvalue weighted by atomic mass is 16.4. The van der Waals surface area contributed by atoms with Crippen LogP contribution in [0.2, 0.25) is 0 Å². The van der Waals surface area contributed by atoms with E-state index < -0.39 is 17.4 Å². The molecule has 4 nitrogen and oxygen atoms in total. The van der Waals surface area contributed by atoms with Gasteiger partial charge in [0.1, 0.15) is 5.92 Å². The van der Waals surface area contributed by atoms with Gasteiger partial charge >= 0.3 is 5.97 Å². The molecule has 0 saturated carbocycles. The molecule has 0 saturated heterocycles. The fourth-order valence-corrected chi connectivity index (χ4v) is 4.03. The summed E-state index contributed by atoms with van der Waals surface area (Å²) in [7, 11) is 0. The molecule has 2 N–H and O–H groups in total. The molecule has 0 fully saturated rings. The summed E-state index contributed by atoms with van der Waals surface area (Å²) in [6, 6.07) is 10.0. The van der Waals surface area contributed by atoms with Crippen molar-refractivity contribution < 1.29 is 9.90 Å². The minimum absolute atomic E-state index is 0.0478. The molecule has 0 amide bonds. The van der Waals surface area contributed by atoms with E-state index in [1.54, 1.807) is 12.3 Å². The Labute approximate surface area is 160 Å². The van der Waals surface area contributed by atoms with Crippen LogP contribution in [0.3, 0.4) is 0 Å². The quantitative estimate of drug-likeness (QED) is 0.769. The maximum atomic E-state index is 12.2. The third-order valence-electron chi connectivity index (χ3n) is 5.59. The van der Waals surface area contributed by atoms with Crippen molar-refractivity contribution >= 4 is 11.7 Å². The minimum atomic E-state index is -0.837. The lowest BCUT2D eigenvalue weighted by Crippen LogP contribution is -2.52. The third kappa shape index (κ3) is 3.52. The zero-order valence-electron chi connectivity index (χ0n) is 16.0. The summed E-state index contributed by atoms with van der Waals surface area (Å²) >= 11 is 0. The normalized spacial score (nSPS) is 22.4. The van der Waals surface area contributed by atoms with Crippen molar-refractivity contribution in [2.45, 2.75) is 38.6 Å². The molecule has 140 valence electrons. The summed E-state index contributed by atoms with van der Waals surface area (Å²) in [6.45, 7) is 6.22. The van der Waals surface area contributed by atoms with Crippen molar-refractivity contribution in [2.24, 2.45) is 5.92 Å². The lowest BCUT2D eigenvalue weighted by Gasteiger charge is -2.44. The average molecular weight is 362 g/mol. The van der Waals surface area contributed by atoms with Crippen molar-refractivity contribution in [3.63, 3.8) is 0 Å². The summed E-state index contributed by atoms with van der Waals surface area (Å²) in [4.78, 5) is 16.5. The zero-order chi connectivity index (χ0) is 19.4. The maximum Gasteiger partial charge on any atom is 0.313 e. The number of aryl methyl sites for hydroxylation is 1. The summed E-state index contributed by atoms with van der Waals surface area (Å²) in [5, 5.41) is 13.7. The first-order valence-electron chi connectivity index (χ1n) is 9.32. The van der Waals surface area contributed by atoms with E-state index in [-0.39, 0.29) is 5.92 Å². The van der Waals surface area contributed by atoms with Gasteiger partial charge in [0.25, 0.3) is 0 Å². The number of carboxylic acid groups (broad SMARTS) is 1. The molecule has 3 rings (SSSR count). The molecule has 3 unspecified atom stereocenters. The highest BCUT2D eigenvalue weighted by Gasteiger charge is 2.47. The van der Waals surface area contributed by atoms with Crippen LogP contribution >= 0.6 is 0 Å². The van der Waals surface area contributed by atoms with E-state index in [1.807, 2.05) is 48.7 Å². The molecule has 1 aromatic heterocycles. The van der Waals surface area contributed by atoms with Gasteiger partial charge in [-0.15, -0.1) is 0 Å². The van der Waals surface area contributed by atoms with Crippen molar-refractivity contribution in [1.29, 1.82) is 0 Å². The van der Waals surface area contributed by atoms with Gasteiger partial charge in [0.15, 0.2) is 0 Å². The molecule has 2 aromatic rings. The second-order valence-electron chi connectivity index (χ2n) is 7.11. The lowest BCUT2D eigenvalue weighted by atomic mass is 9.68. The molecule has 1 aromatic carbocycles. The van der Waals surface area contributed by atoms with E-state index in [2.05, 4.69) is 37.1 Å². The predicted molar refractivity (Wildman–Crippen MR) is 109 cm³/mol. The average Bonchev–Trinajstić information content (AvgIpc) is 2.67. The van der Waals surface area contributed by atoms with E-state index in [1.165, 1.54) is 5.56 Å². The number of aliphatic carboxylic acids is 1. The Morgan fingerprint density at radius 1 is 1.26 bits per heavy atom. The topological polar surface area (TPSA) is 62.2 Å². The molecule has 0 spiro atoms. The first-order chi connectivity index (χ1) is 13.0. The van der Waals surface area contributed by atoms with Crippen LogP contribution in [0, 0.1) is 19.8 Å². The van der Waals surface area contributed by atoms with Crippen LogP contribution in [0.25, 0.3) is 0 Å². The number of anilines is 1. The number of nitrogens with one attached hydrogen (secondary N) is 1. The second kappa shape index (κ2) is 7.78. The fourth-order valence-electron chi connectivity index (χ4n) is 4.03. The van der Waals surface area contributed by atoms with Gasteiger partial charge in [0.05, 0.1) is 5.54 Å². The number of carbonyl (C=O) groups is 1. The molecule has 3 atom stereocenters. The van der Waals surface area contributed by atoms with E-state index in [0.29, 0.717) is 0 Å². The number of carboxylic acids is 1. The number of hydrogen-bond acceptors (Lipinski definition) is 3. The van der Waals surface area contributed by atoms with Crippen molar-refractivity contribution in [2.75, 3.05) is 5.32 Å². The highest BCUT2D eigenvalue weighted by Crippen LogP contribution is 2.43. The Kier molecular flexibility index (Phi) is 5.45. The first kappa shape index (κ1) is 18.9. The summed E-state index contributed by atoms with van der Waals surface area (Å²) in [6.07, 6.45) is 11.9. The minimum Gasteiger partial charge on any atom is -0.481 e. The SMILES string of the molecule is CCC(c1cccnc1)C1(Nc2cccc(C)c2C)C=CC=CC1C(=O)O. The third-order valence-corrected chi connectivity index (χ3v) is 5.59. The number of rotatable bonds is 6. The van der Waals surface area contributed by atoms with E-state index >= 15 is 0 Å². The van der Waals surface area contributed by atoms with Gasteiger partial charge in [0, 0.05) is 24.0 Å². The summed E-state index contributed by atoms with van der Waals surface area (Å²) in [5.41, 5.74) is 3.51. The van der Waals surface area contributed by atoms with Crippen LogP contribution in [-0.4, -0.2) is 21.6 Å². The summed E-state index contributed by atoms with van der Waals surface area (Å²) < 4.78 is 0. The maximum absolute atomic E-state index is 12.2. The number of nitrogens with zero attached hydrogens (tertiary/aromatic N) is 1. The standard InChI is InChI=1S/C23H26N2O2/c1-4-19(18-10-8-14-24-15-18)23(13-6-5-11-20(23)22(26)27)25-21-12-7-9-16(2)17(21)3/h5-15,19-20,25H,4H2,1-3H3,(H,26,27). The van der Waals surface area contributed by atoms with Gasteiger partial charge in [-0.05, 0) is 49.1 Å². The van der Waals surface area contributed by atoms with Gasteiger partial charge in [-0.2, -0.15) is 0 Å². The zero-order valence-corrected chi connectivity index (χ0v) is 16.0. The molecule has 0 aliphatic heterocycles. The van der Waals surface area contributed by atoms with Gasteiger partial charge in [-0.1, -0.05) is 49.4 Å². The number of pyridine rings is 1. The Hall–Kier alpha value is -2.88. The van der Waals surface area contributed by atoms with Gasteiger partial charge in [-0.25, -0.2) is 0 Å². The summed E-state index contributed by atoms with van der Waals surface area (Å²) in [5.74, 6) is -1.57. The Bertz CT molecular complexity index is 873. The van der Waals surface area contributed by atoms with Crippen LogP contribution < -0.4 is 5.32 Å². The highest BCUT2D eigenvalue weighted by molar-refractivity contribution is 5.78. The van der Waals surface area contributed by atoms with Crippen LogP contribution in [0.1, 0.15) is 36.0 Å². The van der Waals surface area contributed by atoms with E-state index in [4.69, 9.17) is 0 Å². The van der Waals surface area contributed by atoms with Crippen LogP contribution in [0.5, 0.6) is 0 Å². The number of benzene rings is 1. The number of aromatic nitrogens is 1. The number of allylic oxidation sites excluding steroid dienone is 2. The largest absolute Gasteiger partial charge is 0.481 e. The first-order valence-corrected chi connectivity index (χ1v) is 9.32. The van der Waals surface area contributed by atoms with Crippen molar-refractivity contribution in [1.82, 2.24) is 4.98 Å².